The minimum atomic E-state index is 0.107. The van der Waals surface area contributed by atoms with E-state index in [1.165, 1.54) is 36.8 Å². The van der Waals surface area contributed by atoms with Crippen LogP contribution in [0.4, 0.5) is 0 Å². The first-order chi connectivity index (χ1) is 17.1. The summed E-state index contributed by atoms with van der Waals surface area (Å²) >= 11 is 0. The van der Waals surface area contributed by atoms with Crippen LogP contribution < -0.4 is 4.74 Å². The van der Waals surface area contributed by atoms with E-state index in [4.69, 9.17) is 4.74 Å². The van der Waals surface area contributed by atoms with E-state index in [0.29, 0.717) is 24.2 Å². The van der Waals surface area contributed by atoms with Crippen molar-refractivity contribution in [3.63, 3.8) is 0 Å². The summed E-state index contributed by atoms with van der Waals surface area (Å²) in [5, 5.41) is 0. The van der Waals surface area contributed by atoms with E-state index in [1.54, 1.807) is 7.11 Å². The highest BCUT2D eigenvalue weighted by Crippen LogP contribution is 2.50. The molecule has 0 radical (unpaired) electrons. The minimum absolute atomic E-state index is 0.107. The van der Waals surface area contributed by atoms with Crippen molar-refractivity contribution in [3.05, 3.63) is 77.9 Å². The minimum Gasteiger partial charge on any atom is -0.497 e. The molecule has 0 saturated carbocycles. The van der Waals surface area contributed by atoms with Gasteiger partial charge in [0.2, 0.25) is 0 Å². The van der Waals surface area contributed by atoms with Crippen LogP contribution in [0, 0.1) is 0 Å². The maximum Gasteiger partial charge on any atom is 0.253 e. The largest absolute Gasteiger partial charge is 0.497 e. The highest BCUT2D eigenvalue weighted by atomic mass is 16.5. The first-order valence-corrected chi connectivity index (χ1v) is 13.3. The second-order valence-electron chi connectivity index (χ2n) is 10.1. The fraction of sp³-hybridized carbons (Fsp3) is 0.500. The SMILES string of the molecule is C=CCN1[C@@H]2CC[C@H]1[C@@H]1CC[C@H]2N1C(c1ccc(C(=O)N(CC)CC)cc1)c1cccc(OC)c1. The Morgan fingerprint density at radius 2 is 1.63 bits per heavy atom. The number of hydrogen-bond donors (Lipinski definition) is 0. The highest BCUT2D eigenvalue weighted by Gasteiger charge is 2.56. The molecular weight excluding hydrogens is 434 g/mol. The molecule has 2 aromatic rings. The van der Waals surface area contributed by atoms with E-state index < -0.39 is 0 Å². The smallest absolute Gasteiger partial charge is 0.253 e. The standard InChI is InChI=1S/C30H39N3O2/c1-5-19-32-25-15-16-26(32)28-18-17-27(25)33(28)29(23-9-8-10-24(20-23)35-4)21-11-13-22(14-12-21)30(34)31(6-2)7-3/h5,8-14,20,25-29H,1,6-7,15-19H2,2-4H3/t25-,26+,27-,28+,29?. The number of fused-ring (bicyclic) bond motifs is 6. The van der Waals surface area contributed by atoms with Gasteiger partial charge in [-0.15, -0.1) is 6.58 Å². The Hall–Kier alpha value is -2.63. The summed E-state index contributed by atoms with van der Waals surface area (Å²) in [4.78, 5) is 20.4. The van der Waals surface area contributed by atoms with Gasteiger partial charge in [0, 0.05) is 49.4 Å². The molecule has 1 unspecified atom stereocenters. The average molecular weight is 474 g/mol. The number of hydrogen-bond acceptors (Lipinski definition) is 4. The number of amides is 1. The molecule has 0 aliphatic carbocycles. The van der Waals surface area contributed by atoms with Crippen molar-refractivity contribution in [2.45, 2.75) is 69.7 Å². The van der Waals surface area contributed by atoms with Crippen molar-refractivity contribution in [3.8, 4) is 5.75 Å². The number of benzene rings is 2. The van der Waals surface area contributed by atoms with Crippen molar-refractivity contribution < 1.29 is 9.53 Å². The molecule has 0 aromatic heterocycles. The first-order valence-electron chi connectivity index (χ1n) is 13.3. The second kappa shape index (κ2) is 10.2. The molecule has 186 valence electrons. The number of piperazine rings is 1. The lowest BCUT2D eigenvalue weighted by Gasteiger charge is -2.50. The Morgan fingerprint density at radius 1 is 1.00 bits per heavy atom. The fourth-order valence-corrected chi connectivity index (χ4v) is 7.07. The van der Waals surface area contributed by atoms with Gasteiger partial charge < -0.3 is 9.64 Å². The lowest BCUT2D eigenvalue weighted by atomic mass is 9.91. The van der Waals surface area contributed by atoms with Crippen LogP contribution in [0.1, 0.15) is 67.1 Å². The molecular formula is C30H39N3O2. The Morgan fingerprint density at radius 3 is 2.20 bits per heavy atom. The first kappa shape index (κ1) is 24.1. The van der Waals surface area contributed by atoms with E-state index in [1.807, 2.05) is 36.9 Å². The van der Waals surface area contributed by atoms with Crippen molar-refractivity contribution in [2.75, 3.05) is 26.7 Å². The third-order valence-electron chi connectivity index (χ3n) is 8.59. The van der Waals surface area contributed by atoms with Crippen LogP contribution in [0.3, 0.4) is 0 Å². The van der Waals surface area contributed by atoms with Crippen LogP contribution in [0.2, 0.25) is 0 Å². The maximum absolute atomic E-state index is 12.9. The number of carbonyl (C=O) groups excluding carboxylic acids is 1. The summed E-state index contributed by atoms with van der Waals surface area (Å²) in [6.07, 6.45) is 7.12. The molecule has 5 heteroatoms. The quantitative estimate of drug-likeness (QED) is 0.473. The number of rotatable bonds is 9. The van der Waals surface area contributed by atoms with E-state index >= 15 is 0 Å². The fourth-order valence-electron chi connectivity index (χ4n) is 7.07. The van der Waals surface area contributed by atoms with Crippen LogP contribution in [0.25, 0.3) is 0 Å². The Labute approximate surface area is 210 Å². The highest BCUT2D eigenvalue weighted by molar-refractivity contribution is 5.94. The van der Waals surface area contributed by atoms with E-state index in [-0.39, 0.29) is 11.9 Å². The zero-order chi connectivity index (χ0) is 24.5. The molecule has 3 saturated heterocycles. The van der Waals surface area contributed by atoms with Gasteiger partial charge in [-0.1, -0.05) is 30.3 Å². The molecule has 3 heterocycles. The molecule has 3 fully saturated rings. The summed E-state index contributed by atoms with van der Waals surface area (Å²) in [6, 6.07) is 19.3. The normalized spacial score (nSPS) is 26.5. The lowest BCUT2D eigenvalue weighted by molar-refractivity contribution is -0.00329. The molecule has 35 heavy (non-hydrogen) atoms. The molecule has 3 aliphatic heterocycles. The maximum atomic E-state index is 12.9. The molecule has 5 atom stereocenters. The number of methoxy groups -OCH3 is 1. The zero-order valence-electron chi connectivity index (χ0n) is 21.4. The lowest BCUT2D eigenvalue weighted by Crippen LogP contribution is -2.60. The number of nitrogens with zero attached hydrogens (tertiary/aromatic N) is 3. The molecule has 3 aliphatic rings. The summed E-state index contributed by atoms with van der Waals surface area (Å²) in [5.74, 6) is 0.997. The molecule has 0 N–H and O–H groups in total. The van der Waals surface area contributed by atoms with Gasteiger partial charge in [-0.3, -0.25) is 14.6 Å². The van der Waals surface area contributed by atoms with Gasteiger partial charge in [-0.05, 0) is 74.9 Å². The van der Waals surface area contributed by atoms with Gasteiger partial charge in [0.05, 0.1) is 13.2 Å². The van der Waals surface area contributed by atoms with Gasteiger partial charge in [0.1, 0.15) is 5.75 Å². The third-order valence-corrected chi connectivity index (χ3v) is 8.59. The second-order valence-corrected chi connectivity index (χ2v) is 10.1. The van der Waals surface area contributed by atoms with Gasteiger partial charge in [0.15, 0.2) is 0 Å². The van der Waals surface area contributed by atoms with E-state index in [0.717, 1.165) is 30.9 Å². The van der Waals surface area contributed by atoms with Crippen molar-refractivity contribution in [1.82, 2.24) is 14.7 Å². The van der Waals surface area contributed by atoms with Gasteiger partial charge >= 0.3 is 0 Å². The molecule has 5 rings (SSSR count). The summed E-state index contributed by atoms with van der Waals surface area (Å²) in [5.41, 5.74) is 3.28. The molecule has 5 nitrogen and oxygen atoms in total. The average Bonchev–Trinajstić information content (AvgIpc) is 3.40. The van der Waals surface area contributed by atoms with Gasteiger partial charge in [-0.25, -0.2) is 0 Å². The van der Waals surface area contributed by atoms with E-state index in [2.05, 4.69) is 52.8 Å². The van der Waals surface area contributed by atoms with Gasteiger partial charge in [0.25, 0.3) is 5.91 Å². The summed E-state index contributed by atoms with van der Waals surface area (Å²) < 4.78 is 5.61. The molecule has 2 aromatic carbocycles. The number of ether oxygens (including phenoxy) is 1. The molecule has 1 amide bonds. The monoisotopic (exact) mass is 473 g/mol. The van der Waals surface area contributed by atoms with Crippen molar-refractivity contribution in [2.24, 2.45) is 0 Å². The third kappa shape index (κ3) is 4.19. The Kier molecular flexibility index (Phi) is 6.99. The van der Waals surface area contributed by atoms with Crippen molar-refractivity contribution >= 4 is 5.91 Å². The van der Waals surface area contributed by atoms with Gasteiger partial charge in [-0.2, -0.15) is 0 Å². The predicted octanol–water partition coefficient (Wildman–Crippen LogP) is 5.13. The predicted molar refractivity (Wildman–Crippen MR) is 141 cm³/mol. The van der Waals surface area contributed by atoms with Crippen LogP contribution in [-0.4, -0.2) is 71.5 Å². The molecule has 0 spiro atoms. The van der Waals surface area contributed by atoms with Crippen LogP contribution >= 0.6 is 0 Å². The Bertz CT molecular complexity index is 1030. The van der Waals surface area contributed by atoms with Crippen LogP contribution in [-0.2, 0) is 0 Å². The van der Waals surface area contributed by atoms with Crippen LogP contribution in [0.15, 0.2) is 61.2 Å². The summed E-state index contributed by atoms with van der Waals surface area (Å²) in [6.45, 7) is 10.5. The van der Waals surface area contributed by atoms with E-state index in [9.17, 15) is 4.79 Å². The summed E-state index contributed by atoms with van der Waals surface area (Å²) in [7, 11) is 1.74. The zero-order valence-corrected chi connectivity index (χ0v) is 21.4. The van der Waals surface area contributed by atoms with Crippen LogP contribution in [0.5, 0.6) is 5.75 Å². The Balaban J connectivity index is 1.53. The number of carbonyl (C=O) groups is 1. The topological polar surface area (TPSA) is 36.0 Å². The molecule has 4 bridgehead atoms. The van der Waals surface area contributed by atoms with Crippen molar-refractivity contribution in [1.29, 1.82) is 0 Å².